The van der Waals surface area contributed by atoms with Gasteiger partial charge in [0.25, 0.3) is 5.91 Å². The molecule has 1 fully saturated rings. The van der Waals surface area contributed by atoms with Crippen molar-refractivity contribution in [2.24, 2.45) is 5.73 Å². The SMILES string of the molecule is Cl.NCc1cccc(NC(=O)c2ccc(NC(=O)N3CCNCC3)cc2)c1. The van der Waals surface area contributed by atoms with Gasteiger partial charge in [-0.1, -0.05) is 12.1 Å². The Morgan fingerprint density at radius 1 is 1.00 bits per heavy atom. The average molecular weight is 390 g/mol. The number of nitrogens with zero attached hydrogens (tertiary/aromatic N) is 1. The van der Waals surface area contributed by atoms with E-state index in [4.69, 9.17) is 5.73 Å². The summed E-state index contributed by atoms with van der Waals surface area (Å²) < 4.78 is 0. The molecule has 8 heteroatoms. The molecule has 2 aromatic rings. The van der Waals surface area contributed by atoms with Gasteiger partial charge in [-0.2, -0.15) is 0 Å². The van der Waals surface area contributed by atoms with Crippen LogP contribution in [0.1, 0.15) is 15.9 Å². The number of hydrogen-bond donors (Lipinski definition) is 4. The quantitative estimate of drug-likeness (QED) is 0.644. The minimum absolute atomic E-state index is 0. The number of urea groups is 1. The topological polar surface area (TPSA) is 99.5 Å². The molecule has 0 aliphatic carbocycles. The molecule has 0 aromatic heterocycles. The van der Waals surface area contributed by atoms with Crippen molar-refractivity contribution in [3.8, 4) is 0 Å². The lowest BCUT2D eigenvalue weighted by Crippen LogP contribution is -2.48. The molecule has 27 heavy (non-hydrogen) atoms. The number of amides is 3. The van der Waals surface area contributed by atoms with Gasteiger partial charge in [-0.15, -0.1) is 12.4 Å². The number of halogens is 1. The number of rotatable bonds is 4. The van der Waals surface area contributed by atoms with Gasteiger partial charge >= 0.3 is 6.03 Å². The van der Waals surface area contributed by atoms with Crippen molar-refractivity contribution in [2.75, 3.05) is 36.8 Å². The molecule has 0 saturated carbocycles. The highest BCUT2D eigenvalue weighted by Gasteiger charge is 2.16. The van der Waals surface area contributed by atoms with Gasteiger partial charge in [-0.05, 0) is 42.0 Å². The molecule has 1 aliphatic heterocycles. The van der Waals surface area contributed by atoms with E-state index in [1.807, 2.05) is 24.3 Å². The first-order valence-corrected chi connectivity index (χ1v) is 8.63. The highest BCUT2D eigenvalue weighted by Crippen LogP contribution is 2.14. The predicted octanol–water partition coefficient (Wildman–Crippen LogP) is 2.26. The van der Waals surface area contributed by atoms with Crippen LogP contribution in [0.4, 0.5) is 16.2 Å². The van der Waals surface area contributed by atoms with E-state index in [0.717, 1.165) is 18.7 Å². The Balaban J connectivity index is 0.00000261. The van der Waals surface area contributed by atoms with Crippen molar-refractivity contribution in [2.45, 2.75) is 6.54 Å². The highest BCUT2D eigenvalue weighted by molar-refractivity contribution is 6.04. The van der Waals surface area contributed by atoms with Crippen molar-refractivity contribution in [3.05, 3.63) is 59.7 Å². The van der Waals surface area contributed by atoms with E-state index in [9.17, 15) is 9.59 Å². The number of carbonyl (C=O) groups is 2. The Hall–Kier alpha value is -2.61. The van der Waals surface area contributed by atoms with Gasteiger partial charge in [0.2, 0.25) is 0 Å². The van der Waals surface area contributed by atoms with Gasteiger partial charge < -0.3 is 26.6 Å². The van der Waals surface area contributed by atoms with Crippen molar-refractivity contribution >= 4 is 35.7 Å². The number of nitrogens with two attached hydrogens (primary N) is 1. The van der Waals surface area contributed by atoms with Crippen LogP contribution in [-0.2, 0) is 6.54 Å². The second-order valence-electron chi connectivity index (χ2n) is 6.10. The molecule has 3 rings (SSSR count). The zero-order valence-electron chi connectivity index (χ0n) is 14.9. The molecule has 1 aliphatic rings. The second-order valence-corrected chi connectivity index (χ2v) is 6.10. The number of benzene rings is 2. The molecule has 0 atom stereocenters. The minimum Gasteiger partial charge on any atom is -0.326 e. The van der Waals surface area contributed by atoms with Crippen LogP contribution in [0.15, 0.2) is 48.5 Å². The van der Waals surface area contributed by atoms with Crippen LogP contribution in [0.25, 0.3) is 0 Å². The van der Waals surface area contributed by atoms with Crippen LogP contribution in [0, 0.1) is 0 Å². The third kappa shape index (κ3) is 5.68. The molecule has 7 nitrogen and oxygen atoms in total. The third-order valence-corrected chi connectivity index (χ3v) is 4.22. The molecule has 1 heterocycles. The second kappa shape index (κ2) is 9.91. The molecule has 0 bridgehead atoms. The Morgan fingerprint density at radius 2 is 1.70 bits per heavy atom. The Kier molecular flexibility index (Phi) is 7.60. The summed E-state index contributed by atoms with van der Waals surface area (Å²) in [5, 5.41) is 8.91. The molecule has 5 N–H and O–H groups in total. The molecule has 144 valence electrons. The zero-order chi connectivity index (χ0) is 18.4. The Morgan fingerprint density at radius 3 is 2.37 bits per heavy atom. The summed E-state index contributed by atoms with van der Waals surface area (Å²) in [5.74, 6) is -0.209. The van der Waals surface area contributed by atoms with E-state index in [-0.39, 0.29) is 24.3 Å². The standard InChI is InChI=1S/C19H23N5O2.ClH/c20-13-14-2-1-3-17(12-14)22-18(25)15-4-6-16(7-5-15)23-19(26)24-10-8-21-9-11-24;/h1-7,12,21H,8-11,13,20H2,(H,22,25)(H,23,26);1H. The summed E-state index contributed by atoms with van der Waals surface area (Å²) in [6.45, 7) is 3.41. The molecule has 0 radical (unpaired) electrons. The fourth-order valence-corrected chi connectivity index (χ4v) is 2.75. The van der Waals surface area contributed by atoms with Gasteiger partial charge in [-0.3, -0.25) is 4.79 Å². The lowest BCUT2D eigenvalue weighted by atomic mass is 10.1. The molecular formula is C19H24ClN5O2. The van der Waals surface area contributed by atoms with Crippen LogP contribution in [0.2, 0.25) is 0 Å². The summed E-state index contributed by atoms with van der Waals surface area (Å²) in [6.07, 6.45) is 0. The van der Waals surface area contributed by atoms with Gasteiger partial charge in [0.05, 0.1) is 0 Å². The number of piperazine rings is 1. The van der Waals surface area contributed by atoms with E-state index in [0.29, 0.717) is 36.6 Å². The number of nitrogens with one attached hydrogen (secondary N) is 3. The largest absolute Gasteiger partial charge is 0.326 e. The highest BCUT2D eigenvalue weighted by atomic mass is 35.5. The first-order valence-electron chi connectivity index (χ1n) is 8.63. The predicted molar refractivity (Wildman–Crippen MR) is 109 cm³/mol. The average Bonchev–Trinajstić information content (AvgIpc) is 2.69. The molecule has 0 unspecified atom stereocenters. The fourth-order valence-electron chi connectivity index (χ4n) is 2.75. The first kappa shape index (κ1) is 20.7. The van der Waals surface area contributed by atoms with Crippen molar-refractivity contribution in [1.29, 1.82) is 0 Å². The third-order valence-electron chi connectivity index (χ3n) is 4.22. The zero-order valence-corrected chi connectivity index (χ0v) is 15.7. The van der Waals surface area contributed by atoms with Gasteiger partial charge in [0.1, 0.15) is 0 Å². The summed E-state index contributed by atoms with van der Waals surface area (Å²) in [6, 6.07) is 14.1. The Bertz CT molecular complexity index is 776. The number of carbonyl (C=O) groups excluding carboxylic acids is 2. The monoisotopic (exact) mass is 389 g/mol. The van der Waals surface area contributed by atoms with Crippen molar-refractivity contribution in [1.82, 2.24) is 10.2 Å². The fraction of sp³-hybridized carbons (Fsp3) is 0.263. The van der Waals surface area contributed by atoms with Gasteiger partial charge in [-0.25, -0.2) is 4.79 Å². The van der Waals surface area contributed by atoms with Crippen LogP contribution in [0.5, 0.6) is 0 Å². The molecule has 1 saturated heterocycles. The van der Waals surface area contributed by atoms with Crippen molar-refractivity contribution < 1.29 is 9.59 Å². The summed E-state index contributed by atoms with van der Waals surface area (Å²) in [7, 11) is 0. The lowest BCUT2D eigenvalue weighted by Gasteiger charge is -2.27. The molecule has 0 spiro atoms. The van der Waals surface area contributed by atoms with Gasteiger partial charge in [0, 0.05) is 49.7 Å². The van der Waals surface area contributed by atoms with Crippen molar-refractivity contribution in [3.63, 3.8) is 0 Å². The van der Waals surface area contributed by atoms with Gasteiger partial charge in [0.15, 0.2) is 0 Å². The maximum atomic E-state index is 12.3. The maximum Gasteiger partial charge on any atom is 0.321 e. The van der Waals surface area contributed by atoms with E-state index >= 15 is 0 Å². The molecular weight excluding hydrogens is 366 g/mol. The summed E-state index contributed by atoms with van der Waals surface area (Å²) in [4.78, 5) is 26.3. The van der Waals surface area contributed by atoms with E-state index in [1.54, 1.807) is 29.2 Å². The minimum atomic E-state index is -0.209. The first-order chi connectivity index (χ1) is 12.7. The van der Waals surface area contributed by atoms with Crippen LogP contribution >= 0.6 is 12.4 Å². The van der Waals surface area contributed by atoms with E-state index in [2.05, 4.69) is 16.0 Å². The Labute approximate surface area is 164 Å². The summed E-state index contributed by atoms with van der Waals surface area (Å²) in [5.41, 5.74) is 8.45. The normalized spacial score (nSPS) is 13.4. The smallest absolute Gasteiger partial charge is 0.321 e. The lowest BCUT2D eigenvalue weighted by molar-refractivity contribution is 0.102. The summed E-state index contributed by atoms with van der Waals surface area (Å²) >= 11 is 0. The maximum absolute atomic E-state index is 12.3. The van der Waals surface area contributed by atoms with Crippen LogP contribution < -0.4 is 21.7 Å². The van der Waals surface area contributed by atoms with E-state index in [1.165, 1.54) is 0 Å². The van der Waals surface area contributed by atoms with E-state index < -0.39 is 0 Å². The van der Waals surface area contributed by atoms with Crippen LogP contribution in [0.3, 0.4) is 0 Å². The molecule has 3 amide bonds. The van der Waals surface area contributed by atoms with Crippen LogP contribution in [-0.4, -0.2) is 43.0 Å². The number of anilines is 2. The molecule has 2 aromatic carbocycles. The number of hydrogen-bond acceptors (Lipinski definition) is 4.